The number of ketones is 1. The van der Waals surface area contributed by atoms with E-state index >= 15 is 0 Å². The maximum absolute atomic E-state index is 13.2. The number of aromatic amines is 1. The first-order chi connectivity index (χ1) is 15.5. The molecule has 158 valence electrons. The molecule has 6 heteroatoms. The first-order valence-electron chi connectivity index (χ1n) is 10.2. The molecule has 0 bridgehead atoms. The highest BCUT2D eigenvalue weighted by molar-refractivity contribution is 6.52. The van der Waals surface area contributed by atoms with Gasteiger partial charge in [-0.05, 0) is 37.3 Å². The number of hydrogen-bond donors (Lipinski definition) is 2. The second kappa shape index (κ2) is 7.70. The lowest BCUT2D eigenvalue weighted by Gasteiger charge is -2.25. The van der Waals surface area contributed by atoms with Gasteiger partial charge < -0.3 is 10.1 Å². The summed E-state index contributed by atoms with van der Waals surface area (Å²) in [5.41, 5.74) is 3.63. The Balaban J connectivity index is 1.78. The number of aromatic nitrogens is 1. The van der Waals surface area contributed by atoms with E-state index in [1.54, 1.807) is 30.5 Å². The average Bonchev–Trinajstić information content (AvgIpc) is 3.33. The molecule has 1 aliphatic heterocycles. The van der Waals surface area contributed by atoms with Gasteiger partial charge in [0.2, 0.25) is 0 Å². The van der Waals surface area contributed by atoms with Gasteiger partial charge in [0.1, 0.15) is 5.76 Å². The molecule has 1 aliphatic rings. The maximum Gasteiger partial charge on any atom is 0.300 e. The van der Waals surface area contributed by atoms with E-state index in [0.29, 0.717) is 16.3 Å². The number of amides is 1. The Hall–Kier alpha value is -3.83. The Morgan fingerprint density at radius 2 is 1.75 bits per heavy atom. The molecule has 0 aliphatic carbocycles. The summed E-state index contributed by atoms with van der Waals surface area (Å²) in [4.78, 5) is 31.1. The van der Waals surface area contributed by atoms with Gasteiger partial charge >= 0.3 is 0 Å². The highest BCUT2D eigenvalue weighted by atomic mass is 35.5. The van der Waals surface area contributed by atoms with Crippen molar-refractivity contribution >= 4 is 45.6 Å². The average molecular weight is 443 g/mol. The molecule has 0 radical (unpaired) electrons. The quantitative estimate of drug-likeness (QED) is 0.241. The van der Waals surface area contributed by atoms with E-state index in [1.807, 2.05) is 55.5 Å². The molecule has 1 atom stereocenters. The maximum atomic E-state index is 13.2. The van der Waals surface area contributed by atoms with Gasteiger partial charge in [-0.2, -0.15) is 0 Å². The number of H-pyrrole nitrogens is 1. The largest absolute Gasteiger partial charge is 0.507 e. The van der Waals surface area contributed by atoms with Gasteiger partial charge in [-0.25, -0.2) is 0 Å². The SMILES string of the molecule is Cc1ccc(N2C(=O)C(=O)/C(=C(/O)c3cccc(Cl)c3)C2c2c[nH]c3ccccc23)cc1. The summed E-state index contributed by atoms with van der Waals surface area (Å²) >= 11 is 6.11. The van der Waals surface area contributed by atoms with Crippen molar-refractivity contribution in [2.24, 2.45) is 0 Å². The zero-order chi connectivity index (χ0) is 22.4. The molecule has 1 saturated heterocycles. The second-order valence-electron chi connectivity index (χ2n) is 7.80. The van der Waals surface area contributed by atoms with Gasteiger partial charge in [0, 0.05) is 38.9 Å². The van der Waals surface area contributed by atoms with Crippen LogP contribution in [0.3, 0.4) is 0 Å². The van der Waals surface area contributed by atoms with E-state index in [0.717, 1.165) is 22.0 Å². The van der Waals surface area contributed by atoms with E-state index < -0.39 is 17.7 Å². The molecule has 0 saturated carbocycles. The fraction of sp³-hybridized carbons (Fsp3) is 0.0769. The third-order valence-electron chi connectivity index (χ3n) is 5.77. The predicted molar refractivity (Wildman–Crippen MR) is 126 cm³/mol. The van der Waals surface area contributed by atoms with E-state index in [9.17, 15) is 14.7 Å². The first kappa shape index (κ1) is 20.1. The number of halogens is 1. The van der Waals surface area contributed by atoms with Crippen molar-refractivity contribution in [2.45, 2.75) is 13.0 Å². The number of benzene rings is 3. The van der Waals surface area contributed by atoms with Crippen LogP contribution >= 0.6 is 11.6 Å². The van der Waals surface area contributed by atoms with Crippen LogP contribution in [0.15, 0.2) is 84.6 Å². The van der Waals surface area contributed by atoms with E-state index in [4.69, 9.17) is 11.6 Å². The Labute approximate surface area is 189 Å². The summed E-state index contributed by atoms with van der Waals surface area (Å²) in [6.07, 6.45) is 1.79. The van der Waals surface area contributed by atoms with Crippen LogP contribution < -0.4 is 4.90 Å². The normalized spacial score (nSPS) is 17.9. The number of aliphatic hydroxyl groups excluding tert-OH is 1. The van der Waals surface area contributed by atoms with Crippen molar-refractivity contribution in [1.82, 2.24) is 4.98 Å². The molecule has 1 aromatic heterocycles. The van der Waals surface area contributed by atoms with Crippen LogP contribution in [0, 0.1) is 6.92 Å². The predicted octanol–water partition coefficient (Wildman–Crippen LogP) is 5.76. The third-order valence-corrected chi connectivity index (χ3v) is 6.01. The number of anilines is 1. The summed E-state index contributed by atoms with van der Waals surface area (Å²) in [7, 11) is 0. The summed E-state index contributed by atoms with van der Waals surface area (Å²) in [6.45, 7) is 1.95. The molecule has 2 heterocycles. The van der Waals surface area contributed by atoms with Crippen LogP contribution in [0.4, 0.5) is 5.69 Å². The fourth-order valence-corrected chi connectivity index (χ4v) is 4.40. The monoisotopic (exact) mass is 442 g/mol. The minimum absolute atomic E-state index is 0.0302. The van der Waals surface area contributed by atoms with E-state index in [1.165, 1.54) is 4.90 Å². The van der Waals surface area contributed by atoms with Crippen molar-refractivity contribution in [3.63, 3.8) is 0 Å². The Morgan fingerprint density at radius 3 is 2.50 bits per heavy atom. The number of rotatable bonds is 3. The smallest absolute Gasteiger partial charge is 0.300 e. The van der Waals surface area contributed by atoms with Crippen molar-refractivity contribution in [1.29, 1.82) is 0 Å². The number of aryl methyl sites for hydroxylation is 1. The summed E-state index contributed by atoms with van der Waals surface area (Å²) in [6, 6.07) is 20.8. The Morgan fingerprint density at radius 1 is 1.00 bits per heavy atom. The van der Waals surface area contributed by atoms with Crippen molar-refractivity contribution < 1.29 is 14.7 Å². The van der Waals surface area contributed by atoms with Crippen molar-refractivity contribution in [2.75, 3.05) is 4.90 Å². The number of fused-ring (bicyclic) bond motifs is 1. The van der Waals surface area contributed by atoms with Crippen molar-refractivity contribution in [3.8, 4) is 0 Å². The molecule has 5 rings (SSSR count). The molecule has 1 fully saturated rings. The van der Waals surface area contributed by atoms with Gasteiger partial charge in [-0.15, -0.1) is 0 Å². The number of nitrogens with zero attached hydrogens (tertiary/aromatic N) is 1. The molecule has 3 aromatic carbocycles. The van der Waals surface area contributed by atoms with Crippen LogP contribution in [0.1, 0.15) is 22.7 Å². The number of nitrogens with one attached hydrogen (secondary N) is 1. The number of para-hydroxylation sites is 1. The van der Waals surface area contributed by atoms with E-state index in [2.05, 4.69) is 4.98 Å². The molecular formula is C26H19ClN2O3. The van der Waals surface area contributed by atoms with Gasteiger partial charge in [-0.1, -0.05) is 59.6 Å². The minimum Gasteiger partial charge on any atom is -0.507 e. The standard InChI is InChI=1S/C26H19ClN2O3/c1-15-9-11-18(12-10-15)29-23(20-14-28-21-8-3-2-7-19(20)21)22(25(31)26(29)32)24(30)16-5-4-6-17(27)13-16/h2-14,23,28,30H,1H3/b24-22+. The zero-order valence-corrected chi connectivity index (χ0v) is 17.9. The highest BCUT2D eigenvalue weighted by Gasteiger charge is 2.47. The lowest BCUT2D eigenvalue weighted by Crippen LogP contribution is -2.29. The second-order valence-corrected chi connectivity index (χ2v) is 8.24. The summed E-state index contributed by atoms with van der Waals surface area (Å²) < 4.78 is 0. The molecule has 0 spiro atoms. The lowest BCUT2D eigenvalue weighted by atomic mass is 9.94. The van der Waals surface area contributed by atoms with Crippen molar-refractivity contribution in [3.05, 3.63) is 106 Å². The van der Waals surface area contributed by atoms with Gasteiger partial charge in [-0.3, -0.25) is 14.5 Å². The third kappa shape index (κ3) is 3.18. The van der Waals surface area contributed by atoms with Crippen LogP contribution in [0.2, 0.25) is 5.02 Å². The number of aliphatic hydroxyl groups is 1. The van der Waals surface area contributed by atoms with E-state index in [-0.39, 0.29) is 11.3 Å². The number of carbonyl (C=O) groups is 2. The van der Waals surface area contributed by atoms with Crippen LogP contribution in [-0.4, -0.2) is 21.8 Å². The number of hydrogen-bond acceptors (Lipinski definition) is 3. The minimum atomic E-state index is -0.798. The van der Waals surface area contributed by atoms with Crippen LogP contribution in [0.5, 0.6) is 0 Å². The number of carbonyl (C=O) groups excluding carboxylic acids is 2. The molecule has 32 heavy (non-hydrogen) atoms. The van der Waals surface area contributed by atoms with Gasteiger partial charge in [0.25, 0.3) is 11.7 Å². The fourth-order valence-electron chi connectivity index (χ4n) is 4.21. The van der Waals surface area contributed by atoms with Gasteiger partial charge in [0.15, 0.2) is 0 Å². The number of Topliss-reactive ketones (excluding diaryl/α,β-unsaturated/α-hetero) is 1. The summed E-state index contributed by atoms with van der Waals surface area (Å²) in [5.74, 6) is -1.68. The Kier molecular flexibility index (Phi) is 4.83. The van der Waals surface area contributed by atoms with Crippen LogP contribution in [-0.2, 0) is 9.59 Å². The zero-order valence-electron chi connectivity index (χ0n) is 17.2. The summed E-state index contributed by atoms with van der Waals surface area (Å²) in [5, 5.41) is 12.5. The topological polar surface area (TPSA) is 73.4 Å². The van der Waals surface area contributed by atoms with Crippen LogP contribution in [0.25, 0.3) is 16.7 Å². The van der Waals surface area contributed by atoms with Gasteiger partial charge in [0.05, 0.1) is 11.6 Å². The molecule has 1 unspecified atom stereocenters. The first-order valence-corrected chi connectivity index (χ1v) is 10.5. The molecule has 2 N–H and O–H groups in total. The Bertz CT molecular complexity index is 1400. The highest BCUT2D eigenvalue weighted by Crippen LogP contribution is 2.44. The molecule has 1 amide bonds. The molecule has 5 nitrogen and oxygen atoms in total. The molecule has 4 aromatic rings. The lowest BCUT2D eigenvalue weighted by molar-refractivity contribution is -0.132. The molecular weight excluding hydrogens is 424 g/mol.